The molecule has 1 aliphatic rings. The molecule has 2 rings (SSSR count). The number of hydrogen-bond donors (Lipinski definition) is 1. The van der Waals surface area contributed by atoms with E-state index in [1.807, 2.05) is 6.07 Å². The van der Waals surface area contributed by atoms with Gasteiger partial charge in [0.15, 0.2) is 0 Å². The molecule has 0 bridgehead atoms. The van der Waals surface area contributed by atoms with Crippen LogP contribution in [0.25, 0.3) is 0 Å². The summed E-state index contributed by atoms with van der Waals surface area (Å²) in [4.78, 5) is 6.23. The minimum atomic E-state index is -4.12. The van der Waals surface area contributed by atoms with Crippen molar-refractivity contribution in [1.29, 1.82) is 0 Å². The Hall–Kier alpha value is -0.660. The van der Waals surface area contributed by atoms with Crippen LogP contribution in [0.5, 0.6) is 0 Å². The van der Waals surface area contributed by atoms with Gasteiger partial charge in [-0.2, -0.15) is 13.2 Å². The molecular formula is C13H17BrF3N3. The van der Waals surface area contributed by atoms with Crippen LogP contribution in [0.4, 0.5) is 13.2 Å². The molecule has 1 atom stereocenters. The minimum absolute atomic E-state index is 0.0633. The lowest BCUT2D eigenvalue weighted by atomic mass is 10.0. The molecule has 3 nitrogen and oxygen atoms in total. The summed E-state index contributed by atoms with van der Waals surface area (Å²) in [5.74, 6) is 0. The molecule has 0 saturated carbocycles. The van der Waals surface area contributed by atoms with Crippen molar-refractivity contribution >= 4 is 15.9 Å². The zero-order chi connectivity index (χ0) is 14.6. The zero-order valence-corrected chi connectivity index (χ0v) is 12.5. The average Bonchev–Trinajstić information content (AvgIpc) is 2.41. The molecule has 0 aromatic carbocycles. The Morgan fingerprint density at radius 2 is 2.05 bits per heavy atom. The van der Waals surface area contributed by atoms with Crippen molar-refractivity contribution in [3.05, 3.63) is 28.5 Å². The summed E-state index contributed by atoms with van der Waals surface area (Å²) in [5, 5.41) is 3.22. The number of alkyl halides is 3. The van der Waals surface area contributed by atoms with E-state index in [0.717, 1.165) is 31.7 Å². The van der Waals surface area contributed by atoms with Gasteiger partial charge in [0, 0.05) is 50.4 Å². The molecule has 1 saturated heterocycles. The fraction of sp³-hybridized carbons (Fsp3) is 0.615. The largest absolute Gasteiger partial charge is 0.389 e. The fourth-order valence-corrected chi connectivity index (χ4v) is 2.99. The highest BCUT2D eigenvalue weighted by Gasteiger charge is 2.32. The van der Waals surface area contributed by atoms with Crippen molar-refractivity contribution in [2.75, 3.05) is 26.2 Å². The summed E-state index contributed by atoms with van der Waals surface area (Å²) in [6.07, 6.45) is -3.20. The molecule has 0 radical (unpaired) electrons. The smallest absolute Gasteiger partial charge is 0.314 e. The maximum absolute atomic E-state index is 12.5. The third-order valence-electron chi connectivity index (χ3n) is 3.44. The number of aromatic nitrogens is 1. The van der Waals surface area contributed by atoms with Gasteiger partial charge in [-0.15, -0.1) is 0 Å². The summed E-state index contributed by atoms with van der Waals surface area (Å²) in [6.45, 7) is 3.12. The summed E-state index contributed by atoms with van der Waals surface area (Å²) in [7, 11) is 0. The van der Waals surface area contributed by atoms with Crippen LogP contribution in [-0.4, -0.2) is 42.2 Å². The van der Waals surface area contributed by atoms with E-state index in [2.05, 4.69) is 31.1 Å². The Balaban J connectivity index is 2.17. The van der Waals surface area contributed by atoms with Crippen LogP contribution in [0, 0.1) is 0 Å². The van der Waals surface area contributed by atoms with Crippen molar-refractivity contribution in [3.8, 4) is 0 Å². The third kappa shape index (κ3) is 4.43. The molecule has 1 N–H and O–H groups in total. The van der Waals surface area contributed by atoms with Crippen molar-refractivity contribution in [3.63, 3.8) is 0 Å². The maximum Gasteiger partial charge on any atom is 0.389 e. The molecule has 7 heteroatoms. The average molecular weight is 352 g/mol. The van der Waals surface area contributed by atoms with E-state index in [1.165, 1.54) is 0 Å². The van der Waals surface area contributed by atoms with E-state index in [-0.39, 0.29) is 12.5 Å². The van der Waals surface area contributed by atoms with Crippen LogP contribution in [0.3, 0.4) is 0 Å². The molecule has 0 spiro atoms. The lowest BCUT2D eigenvalue weighted by Gasteiger charge is -2.35. The molecule has 1 fully saturated rings. The van der Waals surface area contributed by atoms with Gasteiger partial charge in [-0.3, -0.25) is 4.90 Å². The highest BCUT2D eigenvalue weighted by molar-refractivity contribution is 9.10. The van der Waals surface area contributed by atoms with Gasteiger partial charge < -0.3 is 5.32 Å². The molecule has 20 heavy (non-hydrogen) atoms. The first-order valence-corrected chi connectivity index (χ1v) is 7.38. The topological polar surface area (TPSA) is 28.2 Å². The van der Waals surface area contributed by atoms with Crippen LogP contribution in [0.2, 0.25) is 0 Å². The van der Waals surface area contributed by atoms with E-state index in [0.29, 0.717) is 4.60 Å². The highest BCUT2D eigenvalue weighted by Crippen LogP contribution is 2.34. The van der Waals surface area contributed by atoms with Gasteiger partial charge in [-0.05, 0) is 28.4 Å². The highest BCUT2D eigenvalue weighted by atomic mass is 79.9. The minimum Gasteiger partial charge on any atom is -0.314 e. The van der Waals surface area contributed by atoms with Gasteiger partial charge in [-0.25, -0.2) is 4.98 Å². The van der Waals surface area contributed by atoms with Crippen LogP contribution in [0.15, 0.2) is 22.9 Å². The molecule has 2 heterocycles. The lowest BCUT2D eigenvalue weighted by molar-refractivity contribution is -0.138. The van der Waals surface area contributed by atoms with E-state index >= 15 is 0 Å². The van der Waals surface area contributed by atoms with E-state index in [9.17, 15) is 13.2 Å². The van der Waals surface area contributed by atoms with Gasteiger partial charge in [0.1, 0.15) is 4.60 Å². The Kier molecular flexibility index (Phi) is 5.40. The van der Waals surface area contributed by atoms with Gasteiger partial charge in [0.05, 0.1) is 0 Å². The third-order valence-corrected chi connectivity index (χ3v) is 4.10. The normalized spacial score (nSPS) is 19.0. The Bertz CT molecular complexity index is 433. The first-order chi connectivity index (χ1) is 9.47. The van der Waals surface area contributed by atoms with Gasteiger partial charge >= 0.3 is 6.18 Å². The van der Waals surface area contributed by atoms with Crippen molar-refractivity contribution in [1.82, 2.24) is 15.2 Å². The van der Waals surface area contributed by atoms with Crippen LogP contribution in [0.1, 0.15) is 24.4 Å². The zero-order valence-electron chi connectivity index (χ0n) is 11.0. The SMILES string of the molecule is FC(F)(F)CC[C@@H](c1cccnc1Br)N1CCNCC1. The second kappa shape index (κ2) is 6.87. The second-order valence-electron chi connectivity index (χ2n) is 4.84. The quantitative estimate of drug-likeness (QED) is 0.844. The summed E-state index contributed by atoms with van der Waals surface area (Å²) >= 11 is 3.35. The molecule has 0 amide bonds. The molecule has 1 aliphatic heterocycles. The van der Waals surface area contributed by atoms with Crippen molar-refractivity contribution < 1.29 is 13.2 Å². The van der Waals surface area contributed by atoms with Crippen molar-refractivity contribution in [2.45, 2.75) is 25.1 Å². The van der Waals surface area contributed by atoms with Crippen LogP contribution < -0.4 is 5.32 Å². The second-order valence-corrected chi connectivity index (χ2v) is 5.59. The number of halogens is 4. The molecular weight excluding hydrogens is 335 g/mol. The van der Waals surface area contributed by atoms with E-state index < -0.39 is 12.6 Å². The predicted molar refractivity (Wildman–Crippen MR) is 74.4 cm³/mol. The van der Waals surface area contributed by atoms with Gasteiger partial charge in [0.2, 0.25) is 0 Å². The fourth-order valence-electron chi connectivity index (χ4n) is 2.48. The van der Waals surface area contributed by atoms with Crippen LogP contribution >= 0.6 is 15.9 Å². The first-order valence-electron chi connectivity index (χ1n) is 6.59. The Morgan fingerprint density at radius 1 is 1.35 bits per heavy atom. The summed E-state index contributed by atoms with van der Waals surface area (Å²) < 4.78 is 38.3. The van der Waals surface area contributed by atoms with E-state index in [1.54, 1.807) is 12.3 Å². The standard InChI is InChI=1S/C13H17BrF3N3/c14-12-10(2-1-5-19-12)11(3-4-13(15,16)17)20-8-6-18-7-9-20/h1-2,5,11,18H,3-4,6-9H2/t11-/m0/s1. The predicted octanol–water partition coefficient (Wildman–Crippen LogP) is 3.13. The van der Waals surface area contributed by atoms with Crippen molar-refractivity contribution in [2.24, 2.45) is 0 Å². The Labute approximate surface area is 124 Å². The number of nitrogens with zero attached hydrogens (tertiary/aromatic N) is 2. The Morgan fingerprint density at radius 3 is 2.65 bits per heavy atom. The van der Waals surface area contributed by atoms with E-state index in [4.69, 9.17) is 0 Å². The molecule has 1 aromatic heterocycles. The van der Waals surface area contributed by atoms with Crippen LogP contribution in [-0.2, 0) is 0 Å². The number of nitrogens with one attached hydrogen (secondary N) is 1. The maximum atomic E-state index is 12.5. The van der Waals surface area contributed by atoms with Gasteiger partial charge in [-0.1, -0.05) is 6.07 Å². The summed E-state index contributed by atoms with van der Waals surface area (Å²) in [6, 6.07) is 3.37. The molecule has 0 unspecified atom stereocenters. The summed E-state index contributed by atoms with van der Waals surface area (Å²) in [5.41, 5.74) is 0.832. The first kappa shape index (κ1) is 15.7. The molecule has 1 aromatic rings. The molecule has 112 valence electrons. The lowest BCUT2D eigenvalue weighted by Crippen LogP contribution is -2.45. The van der Waals surface area contributed by atoms with Gasteiger partial charge in [0.25, 0.3) is 0 Å². The molecule has 0 aliphatic carbocycles. The number of hydrogen-bond acceptors (Lipinski definition) is 3. The number of piperazine rings is 1. The monoisotopic (exact) mass is 351 g/mol. The number of pyridine rings is 1. The number of rotatable bonds is 4.